The van der Waals surface area contributed by atoms with E-state index in [4.69, 9.17) is 0 Å². The Morgan fingerprint density at radius 3 is 3.10 bits per heavy atom. The molecule has 0 aliphatic heterocycles. The Morgan fingerprint density at radius 2 is 2.30 bits per heavy atom. The van der Waals surface area contributed by atoms with E-state index >= 15 is 0 Å². The summed E-state index contributed by atoms with van der Waals surface area (Å²) >= 11 is 0. The van der Waals surface area contributed by atoms with Crippen LogP contribution in [0.15, 0.2) is 12.2 Å². The minimum atomic E-state index is 0.703. The monoisotopic (exact) mass is 136 g/mol. The molecule has 1 saturated carbocycles. The fraction of sp³-hybridized carbons (Fsp3) is 0.800. The number of hydrogen-bond acceptors (Lipinski definition) is 0. The molecule has 0 spiro atoms. The van der Waals surface area contributed by atoms with Gasteiger partial charge in [-0.05, 0) is 37.0 Å². The van der Waals surface area contributed by atoms with Crippen molar-refractivity contribution in [1.82, 2.24) is 0 Å². The van der Waals surface area contributed by atoms with Gasteiger partial charge in [0.05, 0.1) is 0 Å². The predicted molar refractivity (Wildman–Crippen MR) is 43.8 cm³/mol. The molecule has 56 valence electrons. The predicted octanol–water partition coefficient (Wildman–Crippen LogP) is 3.14. The van der Waals surface area contributed by atoms with Gasteiger partial charge in [0.2, 0.25) is 0 Å². The molecule has 0 nitrogen and oxygen atoms in total. The van der Waals surface area contributed by atoms with Crippen LogP contribution in [0.2, 0.25) is 0 Å². The molecular formula is C10H16. The maximum absolute atomic E-state index is 2.47. The number of allylic oxidation sites excluding steroid dienone is 2. The zero-order valence-electron chi connectivity index (χ0n) is 6.77. The van der Waals surface area contributed by atoms with Crippen LogP contribution in [0.3, 0.4) is 0 Å². The van der Waals surface area contributed by atoms with Gasteiger partial charge in [-0.25, -0.2) is 0 Å². The smallest absolute Gasteiger partial charge is 0.0260 e. The third-order valence-electron chi connectivity index (χ3n) is 3.46. The molecule has 1 fully saturated rings. The fourth-order valence-corrected chi connectivity index (χ4v) is 2.59. The second-order valence-electron chi connectivity index (χ2n) is 4.15. The standard InChI is InChI=1S/C10H16/c1-10-7-3-2-5-9(10)6-4-8-10/h2-3,9H,4-8H2,1H3/t9-,10+/m1/s1. The van der Waals surface area contributed by atoms with Gasteiger partial charge in [-0.3, -0.25) is 0 Å². The molecule has 0 N–H and O–H groups in total. The number of hydrogen-bond donors (Lipinski definition) is 0. The van der Waals surface area contributed by atoms with Crippen LogP contribution in [-0.4, -0.2) is 0 Å². The van der Waals surface area contributed by atoms with E-state index in [9.17, 15) is 0 Å². The van der Waals surface area contributed by atoms with Crippen LogP contribution in [0.4, 0.5) is 0 Å². The van der Waals surface area contributed by atoms with Crippen molar-refractivity contribution in [1.29, 1.82) is 0 Å². The molecule has 0 amide bonds. The number of fused-ring (bicyclic) bond motifs is 1. The molecule has 0 aromatic carbocycles. The Bertz CT molecular complexity index is 157. The summed E-state index contributed by atoms with van der Waals surface area (Å²) in [6.07, 6.45) is 11.9. The Balaban J connectivity index is 2.20. The summed E-state index contributed by atoms with van der Waals surface area (Å²) in [4.78, 5) is 0. The third-order valence-corrected chi connectivity index (χ3v) is 3.46. The van der Waals surface area contributed by atoms with E-state index in [-0.39, 0.29) is 0 Å². The summed E-state index contributed by atoms with van der Waals surface area (Å²) in [6, 6.07) is 0. The summed E-state index contributed by atoms with van der Waals surface area (Å²) in [5.41, 5.74) is 0.703. The molecule has 10 heavy (non-hydrogen) atoms. The van der Waals surface area contributed by atoms with Crippen molar-refractivity contribution >= 4 is 0 Å². The summed E-state index contributed by atoms with van der Waals surface area (Å²) in [7, 11) is 0. The van der Waals surface area contributed by atoms with Gasteiger partial charge in [0.15, 0.2) is 0 Å². The van der Waals surface area contributed by atoms with E-state index in [2.05, 4.69) is 19.1 Å². The first-order valence-corrected chi connectivity index (χ1v) is 4.46. The van der Waals surface area contributed by atoms with Gasteiger partial charge in [-0.1, -0.05) is 25.5 Å². The molecule has 2 aliphatic rings. The molecule has 0 heteroatoms. The second kappa shape index (κ2) is 2.11. The van der Waals surface area contributed by atoms with Crippen LogP contribution in [0, 0.1) is 11.3 Å². The quantitative estimate of drug-likeness (QED) is 0.449. The molecule has 2 aliphatic carbocycles. The molecule has 0 bridgehead atoms. The third kappa shape index (κ3) is 0.817. The molecule has 0 radical (unpaired) electrons. The van der Waals surface area contributed by atoms with E-state index in [0.29, 0.717) is 5.41 Å². The van der Waals surface area contributed by atoms with Crippen molar-refractivity contribution < 1.29 is 0 Å². The van der Waals surface area contributed by atoms with Gasteiger partial charge >= 0.3 is 0 Å². The molecule has 0 aromatic heterocycles. The van der Waals surface area contributed by atoms with E-state index in [1.807, 2.05) is 0 Å². The first-order valence-electron chi connectivity index (χ1n) is 4.46. The highest BCUT2D eigenvalue weighted by Gasteiger charge is 2.38. The van der Waals surface area contributed by atoms with Crippen LogP contribution in [0.5, 0.6) is 0 Å². The Hall–Kier alpha value is -0.260. The lowest BCUT2D eigenvalue weighted by Gasteiger charge is -2.32. The molecule has 2 rings (SSSR count). The van der Waals surface area contributed by atoms with Crippen molar-refractivity contribution in [2.45, 2.75) is 39.0 Å². The van der Waals surface area contributed by atoms with Gasteiger partial charge in [-0.2, -0.15) is 0 Å². The van der Waals surface area contributed by atoms with Crippen molar-refractivity contribution in [3.63, 3.8) is 0 Å². The average Bonchev–Trinajstić information content (AvgIpc) is 2.29. The average molecular weight is 136 g/mol. The lowest BCUT2D eigenvalue weighted by Crippen LogP contribution is -2.22. The largest absolute Gasteiger partial charge is 0.0882 e. The zero-order valence-corrected chi connectivity index (χ0v) is 6.77. The molecule has 0 saturated heterocycles. The van der Waals surface area contributed by atoms with Gasteiger partial charge in [0.1, 0.15) is 0 Å². The van der Waals surface area contributed by atoms with Crippen LogP contribution in [-0.2, 0) is 0 Å². The van der Waals surface area contributed by atoms with E-state index < -0.39 is 0 Å². The van der Waals surface area contributed by atoms with Crippen molar-refractivity contribution in [2.24, 2.45) is 11.3 Å². The van der Waals surface area contributed by atoms with Crippen molar-refractivity contribution in [3.05, 3.63) is 12.2 Å². The maximum atomic E-state index is 2.47. The van der Waals surface area contributed by atoms with Gasteiger partial charge in [0, 0.05) is 0 Å². The summed E-state index contributed by atoms with van der Waals surface area (Å²) < 4.78 is 0. The SMILES string of the molecule is C[C@@]12CC=CC[C@@H]1CCC2. The highest BCUT2D eigenvalue weighted by Crippen LogP contribution is 2.49. The minimum Gasteiger partial charge on any atom is -0.0882 e. The van der Waals surface area contributed by atoms with E-state index in [0.717, 1.165) is 5.92 Å². The zero-order chi connectivity index (χ0) is 7.03. The van der Waals surface area contributed by atoms with E-state index in [1.165, 1.54) is 32.1 Å². The first-order chi connectivity index (χ1) is 4.81. The summed E-state index contributed by atoms with van der Waals surface area (Å²) in [6.45, 7) is 2.47. The lowest BCUT2D eigenvalue weighted by molar-refractivity contribution is 0.222. The van der Waals surface area contributed by atoms with Crippen LogP contribution in [0.25, 0.3) is 0 Å². The van der Waals surface area contributed by atoms with Crippen LogP contribution < -0.4 is 0 Å². The Morgan fingerprint density at radius 1 is 1.40 bits per heavy atom. The minimum absolute atomic E-state index is 0.703. The van der Waals surface area contributed by atoms with Crippen molar-refractivity contribution in [3.8, 4) is 0 Å². The molecular weight excluding hydrogens is 120 g/mol. The van der Waals surface area contributed by atoms with Gasteiger partial charge < -0.3 is 0 Å². The highest BCUT2D eigenvalue weighted by atomic mass is 14.4. The Labute approximate surface area is 63.3 Å². The summed E-state index contributed by atoms with van der Waals surface area (Å²) in [5, 5.41) is 0. The topological polar surface area (TPSA) is 0 Å². The van der Waals surface area contributed by atoms with Crippen LogP contribution in [0.1, 0.15) is 39.0 Å². The van der Waals surface area contributed by atoms with Crippen molar-refractivity contribution in [2.75, 3.05) is 0 Å². The molecule has 0 unspecified atom stereocenters. The lowest BCUT2D eigenvalue weighted by atomic mass is 9.73. The first kappa shape index (κ1) is 6.45. The molecule has 2 atom stereocenters. The maximum Gasteiger partial charge on any atom is -0.0260 e. The Kier molecular flexibility index (Phi) is 1.36. The van der Waals surface area contributed by atoms with E-state index in [1.54, 1.807) is 0 Å². The van der Waals surface area contributed by atoms with Crippen LogP contribution >= 0.6 is 0 Å². The summed E-state index contributed by atoms with van der Waals surface area (Å²) in [5.74, 6) is 1.03. The molecule has 0 aromatic rings. The second-order valence-corrected chi connectivity index (χ2v) is 4.15. The highest BCUT2D eigenvalue weighted by molar-refractivity contribution is 5.03. The van der Waals surface area contributed by atoms with Gasteiger partial charge in [0.25, 0.3) is 0 Å². The molecule has 0 heterocycles. The fourth-order valence-electron chi connectivity index (χ4n) is 2.59. The normalized spacial score (nSPS) is 45.5. The van der Waals surface area contributed by atoms with Gasteiger partial charge in [-0.15, -0.1) is 0 Å². The number of rotatable bonds is 0.